The number of thioether (sulfide) groups is 1. The van der Waals surface area contributed by atoms with Gasteiger partial charge < -0.3 is 9.47 Å². The van der Waals surface area contributed by atoms with Crippen molar-refractivity contribution in [3.63, 3.8) is 0 Å². The normalized spacial score (nSPS) is 22.8. The van der Waals surface area contributed by atoms with Gasteiger partial charge in [0.15, 0.2) is 11.0 Å². The minimum atomic E-state index is -4.27. The van der Waals surface area contributed by atoms with Gasteiger partial charge in [0.25, 0.3) is 0 Å². The van der Waals surface area contributed by atoms with E-state index in [1.165, 1.54) is 12.1 Å². The summed E-state index contributed by atoms with van der Waals surface area (Å²) in [6.45, 7) is 3.14. The van der Waals surface area contributed by atoms with Crippen LogP contribution in [0.15, 0.2) is 53.9 Å². The molecule has 2 aliphatic rings. The fourth-order valence-electron chi connectivity index (χ4n) is 4.99. The maximum absolute atomic E-state index is 12.8. The van der Waals surface area contributed by atoms with Crippen molar-refractivity contribution in [3.05, 3.63) is 59.9 Å². The number of benzene rings is 1. The van der Waals surface area contributed by atoms with E-state index in [2.05, 4.69) is 20.1 Å². The summed E-state index contributed by atoms with van der Waals surface area (Å²) in [6.07, 6.45) is 2.50. The Bertz CT molecular complexity index is 1100. The Balaban J connectivity index is 1.09. The fraction of sp³-hybridized carbons (Fsp3) is 0.458. The second-order valence-electron chi connectivity index (χ2n) is 9.07. The van der Waals surface area contributed by atoms with E-state index in [1.54, 1.807) is 36.3 Å². The molecule has 2 atom stereocenters. The van der Waals surface area contributed by atoms with Crippen LogP contribution in [0.2, 0.25) is 0 Å². The molecular formula is C24H26F3N5S. The number of halogens is 3. The van der Waals surface area contributed by atoms with E-state index >= 15 is 0 Å². The molecule has 0 amide bonds. The van der Waals surface area contributed by atoms with Gasteiger partial charge in [-0.15, -0.1) is 10.2 Å². The van der Waals surface area contributed by atoms with Gasteiger partial charge in [-0.1, -0.05) is 23.9 Å². The van der Waals surface area contributed by atoms with Gasteiger partial charge in [0.1, 0.15) is 0 Å². The number of hydrogen-bond acceptors (Lipinski definition) is 5. The van der Waals surface area contributed by atoms with Crippen LogP contribution in [0.25, 0.3) is 11.4 Å². The Morgan fingerprint density at radius 1 is 1.09 bits per heavy atom. The van der Waals surface area contributed by atoms with E-state index in [9.17, 15) is 13.2 Å². The van der Waals surface area contributed by atoms with Crippen molar-refractivity contribution in [3.8, 4) is 11.4 Å². The molecule has 0 N–H and O–H groups in total. The number of rotatable bonds is 7. The van der Waals surface area contributed by atoms with Crippen molar-refractivity contribution in [1.82, 2.24) is 24.6 Å². The molecule has 2 unspecified atom stereocenters. The van der Waals surface area contributed by atoms with Crippen LogP contribution >= 0.6 is 11.8 Å². The molecule has 2 fully saturated rings. The average Bonchev–Trinajstić information content (AvgIpc) is 3.15. The second kappa shape index (κ2) is 8.76. The van der Waals surface area contributed by atoms with Gasteiger partial charge >= 0.3 is 6.18 Å². The van der Waals surface area contributed by atoms with E-state index in [1.807, 2.05) is 23.7 Å². The van der Waals surface area contributed by atoms with Gasteiger partial charge in [0.2, 0.25) is 0 Å². The highest BCUT2D eigenvalue weighted by Crippen LogP contribution is 2.64. The van der Waals surface area contributed by atoms with Crippen molar-refractivity contribution in [2.24, 2.45) is 12.5 Å². The smallest absolute Gasteiger partial charge is 0.305 e. The molecule has 9 heteroatoms. The largest absolute Gasteiger partial charge is 0.416 e. The summed E-state index contributed by atoms with van der Waals surface area (Å²) in [4.78, 5) is 6.55. The first kappa shape index (κ1) is 22.4. The second-order valence-corrected chi connectivity index (χ2v) is 10.1. The van der Waals surface area contributed by atoms with Crippen molar-refractivity contribution in [2.45, 2.75) is 36.5 Å². The summed E-state index contributed by atoms with van der Waals surface area (Å²) in [5.74, 6) is 2.20. The van der Waals surface area contributed by atoms with E-state index < -0.39 is 11.7 Å². The summed E-state index contributed by atoms with van der Waals surface area (Å²) < 4.78 is 40.5. The van der Waals surface area contributed by atoms with Gasteiger partial charge in [-0.25, -0.2) is 0 Å². The fourth-order valence-corrected chi connectivity index (χ4v) is 5.83. The number of pyridine rings is 1. The van der Waals surface area contributed by atoms with E-state index in [4.69, 9.17) is 0 Å². The first-order valence-corrected chi connectivity index (χ1v) is 12.2. The Kier molecular flexibility index (Phi) is 5.95. The van der Waals surface area contributed by atoms with Gasteiger partial charge in [-0.2, -0.15) is 13.2 Å². The SMILES string of the molecule is Cn1c(SCCCN2CCC3(CC3c3ccc(C(F)(F)F)cc3)C2)nnc1-c1ccncc1. The Labute approximate surface area is 195 Å². The number of likely N-dealkylation sites (tertiary alicyclic amines) is 1. The topological polar surface area (TPSA) is 46.8 Å². The lowest BCUT2D eigenvalue weighted by molar-refractivity contribution is -0.137. The predicted molar refractivity (Wildman–Crippen MR) is 122 cm³/mol. The summed E-state index contributed by atoms with van der Waals surface area (Å²) in [6, 6.07) is 9.63. The van der Waals surface area contributed by atoms with E-state index in [0.29, 0.717) is 5.92 Å². The molecule has 0 bridgehead atoms. The Morgan fingerprint density at radius 2 is 1.85 bits per heavy atom. The van der Waals surface area contributed by atoms with Crippen molar-refractivity contribution < 1.29 is 13.2 Å². The zero-order valence-electron chi connectivity index (χ0n) is 18.4. The van der Waals surface area contributed by atoms with E-state index in [-0.39, 0.29) is 5.41 Å². The molecule has 1 saturated heterocycles. The summed E-state index contributed by atoms with van der Waals surface area (Å²) in [5, 5.41) is 9.55. The molecular weight excluding hydrogens is 447 g/mol. The summed E-state index contributed by atoms with van der Waals surface area (Å²) in [7, 11) is 1.98. The third kappa shape index (κ3) is 4.66. The van der Waals surface area contributed by atoms with Crippen molar-refractivity contribution in [2.75, 3.05) is 25.4 Å². The maximum Gasteiger partial charge on any atom is 0.416 e. The Hall–Kier alpha value is -2.39. The lowest BCUT2D eigenvalue weighted by atomic mass is 9.97. The number of alkyl halides is 3. The molecule has 33 heavy (non-hydrogen) atoms. The van der Waals surface area contributed by atoms with Crippen LogP contribution in [0.1, 0.15) is 36.3 Å². The average molecular weight is 474 g/mol. The molecule has 1 aliphatic heterocycles. The molecule has 1 saturated carbocycles. The van der Waals surface area contributed by atoms with Crippen LogP contribution in [0.3, 0.4) is 0 Å². The number of nitrogens with zero attached hydrogens (tertiary/aromatic N) is 5. The van der Waals surface area contributed by atoms with Gasteiger partial charge in [0, 0.05) is 37.3 Å². The summed E-state index contributed by atoms with van der Waals surface area (Å²) in [5.41, 5.74) is 1.74. The van der Waals surface area contributed by atoms with E-state index in [0.717, 1.165) is 66.8 Å². The highest BCUT2D eigenvalue weighted by Gasteiger charge is 2.57. The third-order valence-corrected chi connectivity index (χ3v) is 8.02. The van der Waals surface area contributed by atoms with Crippen LogP contribution < -0.4 is 0 Å². The van der Waals surface area contributed by atoms with Crippen LogP contribution in [-0.2, 0) is 13.2 Å². The van der Waals surface area contributed by atoms with Gasteiger partial charge in [-0.05, 0) is 73.5 Å². The first-order chi connectivity index (χ1) is 15.9. The summed E-state index contributed by atoms with van der Waals surface area (Å²) >= 11 is 1.72. The molecule has 1 spiro atoms. The molecule has 2 aromatic heterocycles. The van der Waals surface area contributed by atoms with Crippen LogP contribution in [0, 0.1) is 5.41 Å². The molecule has 5 rings (SSSR count). The maximum atomic E-state index is 12.8. The highest BCUT2D eigenvalue weighted by atomic mass is 32.2. The van der Waals surface area contributed by atoms with Gasteiger partial charge in [-0.3, -0.25) is 4.98 Å². The van der Waals surface area contributed by atoms with Crippen LogP contribution in [0.5, 0.6) is 0 Å². The molecule has 1 aliphatic carbocycles. The molecule has 3 aromatic rings. The monoisotopic (exact) mass is 473 g/mol. The lowest BCUT2D eigenvalue weighted by Crippen LogP contribution is -2.23. The highest BCUT2D eigenvalue weighted by molar-refractivity contribution is 7.99. The molecule has 1 aromatic carbocycles. The quantitative estimate of drug-likeness (QED) is 0.346. The van der Waals surface area contributed by atoms with Crippen molar-refractivity contribution >= 4 is 11.8 Å². The first-order valence-electron chi connectivity index (χ1n) is 11.2. The van der Waals surface area contributed by atoms with Gasteiger partial charge in [0.05, 0.1) is 5.56 Å². The zero-order valence-corrected chi connectivity index (χ0v) is 19.2. The lowest BCUT2D eigenvalue weighted by Gasteiger charge is -2.16. The third-order valence-electron chi connectivity index (χ3n) is 6.92. The van der Waals surface area contributed by atoms with Crippen molar-refractivity contribution in [1.29, 1.82) is 0 Å². The standard InChI is InChI=1S/C24H26F3N5S/c1-31-21(18-7-10-28-11-8-18)29-30-22(31)33-14-2-12-32-13-9-23(16-32)15-20(23)17-3-5-19(6-4-17)24(25,26)27/h3-8,10-11,20H,2,9,12-16H2,1H3. The molecule has 5 nitrogen and oxygen atoms in total. The molecule has 174 valence electrons. The zero-order chi connectivity index (χ0) is 23.1. The number of aromatic nitrogens is 4. The molecule has 0 radical (unpaired) electrons. The molecule has 3 heterocycles. The van der Waals surface area contributed by atoms with Crippen LogP contribution in [0.4, 0.5) is 13.2 Å². The minimum Gasteiger partial charge on any atom is -0.305 e. The number of hydrogen-bond donors (Lipinski definition) is 0. The van der Waals surface area contributed by atoms with Crippen LogP contribution in [-0.4, -0.2) is 50.0 Å². The minimum absolute atomic E-state index is 0.260. The Morgan fingerprint density at radius 3 is 2.58 bits per heavy atom. The predicted octanol–water partition coefficient (Wildman–Crippen LogP) is 5.26.